The van der Waals surface area contributed by atoms with Crippen LogP contribution in [0.5, 0.6) is 0 Å². The third-order valence-electron chi connectivity index (χ3n) is 1.13. The van der Waals surface area contributed by atoms with Gasteiger partial charge in [-0.3, -0.25) is 0 Å². The van der Waals surface area contributed by atoms with Crippen molar-refractivity contribution in [2.45, 2.75) is 6.04 Å². The summed E-state index contributed by atoms with van der Waals surface area (Å²) in [5.74, 6) is 0. The van der Waals surface area contributed by atoms with Gasteiger partial charge in [0.25, 0.3) is 0 Å². The van der Waals surface area contributed by atoms with Gasteiger partial charge in [0.05, 0.1) is 0 Å². The second kappa shape index (κ2) is 4.06. The molecule has 0 aliphatic heterocycles. The van der Waals surface area contributed by atoms with Crippen molar-refractivity contribution >= 4 is 55.4 Å². The molecule has 0 unspecified atom stereocenters. The Bertz CT molecular complexity index is 215. The summed E-state index contributed by atoms with van der Waals surface area (Å²) in [4.78, 5) is 0. The van der Waals surface area contributed by atoms with E-state index in [9.17, 15) is 0 Å². The fourth-order valence-corrected chi connectivity index (χ4v) is 2.98. The van der Waals surface area contributed by atoms with Crippen molar-refractivity contribution in [3.05, 3.63) is 30.9 Å². The largest absolute Gasteiger partial charge is 0.0493 e. The highest BCUT2D eigenvalue weighted by Gasteiger charge is 1.93. The summed E-state index contributed by atoms with van der Waals surface area (Å²) in [6.07, 6.45) is 0. The smallest absolute Gasteiger partial charge is 0.0283 e. The van der Waals surface area contributed by atoms with Crippen molar-refractivity contribution in [2.75, 3.05) is 0 Å². The normalized spacial score (nSPS) is 9.90. The topological polar surface area (TPSA) is 0 Å². The fraction of sp³-hybridized carbons (Fsp3) is 0.143. The van der Waals surface area contributed by atoms with Gasteiger partial charge >= 0.3 is 0 Å². The van der Waals surface area contributed by atoms with E-state index in [-0.39, 0.29) is 0 Å². The molecule has 0 fully saturated rings. The molecule has 0 saturated carbocycles. The second-order valence-electron chi connectivity index (χ2n) is 1.95. The number of hydrogen-bond donors (Lipinski definition) is 0. The van der Waals surface area contributed by atoms with Crippen molar-refractivity contribution in [1.82, 2.24) is 0 Å². The van der Waals surface area contributed by atoms with Crippen LogP contribution in [0.2, 0.25) is 0 Å². The minimum Gasteiger partial charge on any atom is -0.0493 e. The van der Waals surface area contributed by atoms with Gasteiger partial charge in [0, 0.05) is 17.4 Å². The maximum Gasteiger partial charge on any atom is 0.0283 e. The highest BCUT2D eigenvalue weighted by atomic mass is 127. The van der Waals surface area contributed by atoms with E-state index >= 15 is 0 Å². The molecular weight excluding hydrogens is 366 g/mol. The van der Waals surface area contributed by atoms with Crippen LogP contribution in [0.3, 0.4) is 0 Å². The van der Waals surface area contributed by atoms with Crippen molar-refractivity contribution in [2.24, 2.45) is 0 Å². The quantitative estimate of drug-likeness (QED) is 0.526. The summed E-state index contributed by atoms with van der Waals surface area (Å²) in [6.45, 7) is 0. The molecule has 10 heavy (non-hydrogen) atoms. The third-order valence-corrected chi connectivity index (χ3v) is 2.78. The molecule has 1 aromatic rings. The summed E-state index contributed by atoms with van der Waals surface area (Å²) in [5.41, 5.74) is 1.34. The van der Waals surface area contributed by atoms with E-state index in [4.69, 9.17) is 0 Å². The maximum atomic E-state index is 3.46. The van der Waals surface area contributed by atoms with E-state index in [1.54, 1.807) is 0 Å². The van der Waals surface area contributed by atoms with E-state index in [1.807, 2.05) is 0 Å². The Morgan fingerprint density at radius 2 is 1.60 bits per heavy atom. The molecule has 0 spiro atoms. The highest BCUT2D eigenvalue weighted by molar-refractivity contribution is 14.1. The molecule has 3 heteroatoms. The lowest BCUT2D eigenvalue weighted by Crippen LogP contribution is -1.85. The van der Waals surface area contributed by atoms with Gasteiger partial charge in [-0.25, -0.2) is 0 Å². The molecule has 0 aliphatic rings. The van der Waals surface area contributed by atoms with E-state index < -0.39 is 0 Å². The van der Waals surface area contributed by atoms with Gasteiger partial charge in [0.1, 0.15) is 0 Å². The molecule has 0 heterocycles. The molecule has 0 saturated heterocycles. The number of rotatable bonds is 1. The van der Waals surface area contributed by atoms with Crippen LogP contribution in [0, 0.1) is 7.14 Å². The second-order valence-corrected chi connectivity index (χ2v) is 4.80. The van der Waals surface area contributed by atoms with Gasteiger partial charge in [-0.15, -0.1) is 0 Å². The van der Waals surface area contributed by atoms with Crippen LogP contribution in [0.1, 0.15) is 5.56 Å². The van der Waals surface area contributed by atoms with Gasteiger partial charge in [0.15, 0.2) is 0 Å². The fourth-order valence-electron chi connectivity index (χ4n) is 0.713. The number of hydrogen-bond acceptors (Lipinski definition) is 0. The minimum atomic E-state index is 0.937. The standard InChI is InChI=1S/C7H5I2Si/c8-6-1-5(4-10)2-7(9)3-6/h1-3H,4H2. The van der Waals surface area contributed by atoms with Crippen LogP contribution < -0.4 is 0 Å². The van der Waals surface area contributed by atoms with Crippen LogP contribution in [-0.4, -0.2) is 10.2 Å². The molecular formula is C7H5I2Si. The van der Waals surface area contributed by atoms with Gasteiger partial charge in [-0.05, 0) is 75.0 Å². The van der Waals surface area contributed by atoms with E-state index in [1.165, 1.54) is 12.7 Å². The third kappa shape index (κ3) is 2.50. The SMILES string of the molecule is [Si]Cc1cc(I)cc(I)c1. The van der Waals surface area contributed by atoms with Crippen molar-refractivity contribution < 1.29 is 0 Å². The Kier molecular flexibility index (Phi) is 3.65. The van der Waals surface area contributed by atoms with Gasteiger partial charge < -0.3 is 0 Å². The molecule has 3 radical (unpaired) electrons. The number of benzene rings is 1. The Morgan fingerprint density at radius 3 is 2.00 bits per heavy atom. The van der Waals surface area contributed by atoms with Crippen LogP contribution in [0.25, 0.3) is 0 Å². The Morgan fingerprint density at radius 1 is 1.10 bits per heavy atom. The van der Waals surface area contributed by atoms with Crippen LogP contribution in [0.15, 0.2) is 18.2 Å². The lowest BCUT2D eigenvalue weighted by Gasteiger charge is -1.97. The number of halogens is 2. The Labute approximate surface area is 91.5 Å². The summed E-state index contributed by atoms with van der Waals surface area (Å²) in [6, 6.07) is 7.45. The molecule has 0 nitrogen and oxygen atoms in total. The lowest BCUT2D eigenvalue weighted by atomic mass is 10.2. The van der Waals surface area contributed by atoms with E-state index in [2.05, 4.69) is 73.6 Å². The molecule has 0 atom stereocenters. The first-order chi connectivity index (χ1) is 4.72. The molecule has 0 aliphatic carbocycles. The lowest BCUT2D eigenvalue weighted by molar-refractivity contribution is 1.37. The van der Waals surface area contributed by atoms with Crippen molar-refractivity contribution in [3.8, 4) is 0 Å². The predicted octanol–water partition coefficient (Wildman–Crippen LogP) is 2.56. The zero-order valence-corrected chi connectivity index (χ0v) is 10.5. The maximum absolute atomic E-state index is 3.46. The van der Waals surface area contributed by atoms with E-state index in [0.717, 1.165) is 6.04 Å². The first-order valence-corrected chi connectivity index (χ1v) is 5.68. The average molecular weight is 371 g/mol. The summed E-state index contributed by atoms with van der Waals surface area (Å²) in [7, 11) is 3.46. The Hall–Kier alpha value is 0.897. The average Bonchev–Trinajstić information content (AvgIpc) is 1.85. The van der Waals surface area contributed by atoms with E-state index in [0.29, 0.717) is 0 Å². The molecule has 0 amide bonds. The first kappa shape index (κ1) is 8.99. The minimum absolute atomic E-state index is 0.937. The summed E-state index contributed by atoms with van der Waals surface area (Å²) >= 11 is 4.66. The molecule has 0 N–H and O–H groups in total. The van der Waals surface area contributed by atoms with Crippen molar-refractivity contribution in [1.29, 1.82) is 0 Å². The molecule has 0 bridgehead atoms. The zero-order valence-electron chi connectivity index (χ0n) is 5.20. The van der Waals surface area contributed by atoms with Crippen LogP contribution >= 0.6 is 45.2 Å². The van der Waals surface area contributed by atoms with Gasteiger partial charge in [-0.1, -0.05) is 0 Å². The van der Waals surface area contributed by atoms with Crippen LogP contribution in [-0.2, 0) is 6.04 Å². The van der Waals surface area contributed by atoms with Gasteiger partial charge in [0.2, 0.25) is 0 Å². The predicted molar refractivity (Wildman–Crippen MR) is 61.3 cm³/mol. The monoisotopic (exact) mass is 371 g/mol. The van der Waals surface area contributed by atoms with Crippen LogP contribution in [0.4, 0.5) is 0 Å². The molecule has 1 aromatic carbocycles. The summed E-state index contributed by atoms with van der Waals surface area (Å²) in [5, 5.41) is 0. The zero-order chi connectivity index (χ0) is 7.56. The molecule has 51 valence electrons. The summed E-state index contributed by atoms with van der Waals surface area (Å²) < 4.78 is 2.61. The molecule has 0 aromatic heterocycles. The first-order valence-electron chi connectivity index (χ1n) is 2.82. The van der Waals surface area contributed by atoms with Gasteiger partial charge in [-0.2, -0.15) is 0 Å². The molecule has 1 rings (SSSR count). The Balaban J connectivity index is 3.06. The van der Waals surface area contributed by atoms with Crippen molar-refractivity contribution in [3.63, 3.8) is 0 Å². The highest BCUT2D eigenvalue weighted by Crippen LogP contribution is 2.13.